The molecule has 1 aliphatic rings. The Balaban J connectivity index is 1.54. The first-order valence-electron chi connectivity index (χ1n) is 8.92. The number of nitrogens with one attached hydrogen (secondary N) is 1. The number of carboxylic acids is 1. The number of fused-ring (bicyclic) bond motifs is 3. The van der Waals surface area contributed by atoms with Crippen molar-refractivity contribution in [3.8, 4) is 11.4 Å². The third-order valence-electron chi connectivity index (χ3n) is 4.79. The second kappa shape index (κ2) is 6.39. The van der Waals surface area contributed by atoms with Crippen LogP contribution in [0.5, 0.6) is 0 Å². The number of sulfonamides is 1. The molecule has 0 radical (unpaired) electrons. The molecule has 1 saturated carbocycles. The standard InChI is InChI=1S/C19H15N3O6S/c23-17(24)9-20-29(25,26)12-4-5-13-14-7-11(3-6-15(14)27-16(13)8-12)18-21-19(28-22-18)10-1-2-10/h3-8,10,20H,1-2,9H2,(H,23,24). The van der Waals surface area contributed by atoms with Gasteiger partial charge in [-0.25, -0.2) is 8.42 Å². The third-order valence-corrected chi connectivity index (χ3v) is 6.19. The number of rotatable bonds is 6. The lowest BCUT2D eigenvalue weighted by molar-refractivity contribution is -0.135. The SMILES string of the molecule is O=C(O)CNS(=O)(=O)c1ccc2c(c1)oc1ccc(-c3noc(C4CC4)n3)cc12. The number of carboxylic acid groups (broad SMARTS) is 1. The minimum absolute atomic E-state index is 0.0715. The van der Waals surface area contributed by atoms with Gasteiger partial charge in [-0.15, -0.1) is 0 Å². The van der Waals surface area contributed by atoms with Crippen molar-refractivity contribution in [3.05, 3.63) is 42.3 Å². The largest absolute Gasteiger partial charge is 0.480 e. The predicted molar refractivity (Wildman–Crippen MR) is 102 cm³/mol. The van der Waals surface area contributed by atoms with Crippen molar-refractivity contribution in [2.24, 2.45) is 0 Å². The molecule has 148 valence electrons. The van der Waals surface area contributed by atoms with Crippen LogP contribution in [0.1, 0.15) is 24.7 Å². The fraction of sp³-hybridized carbons (Fsp3) is 0.211. The van der Waals surface area contributed by atoms with Crippen molar-refractivity contribution in [1.29, 1.82) is 0 Å². The number of hydrogen-bond acceptors (Lipinski definition) is 7. The highest BCUT2D eigenvalue weighted by molar-refractivity contribution is 7.89. The molecule has 9 nitrogen and oxygen atoms in total. The first-order valence-corrected chi connectivity index (χ1v) is 10.4. The van der Waals surface area contributed by atoms with Gasteiger partial charge in [-0.2, -0.15) is 9.71 Å². The van der Waals surface area contributed by atoms with Gasteiger partial charge in [-0.3, -0.25) is 4.79 Å². The first-order chi connectivity index (χ1) is 13.9. The molecule has 2 heterocycles. The molecule has 5 rings (SSSR count). The Morgan fingerprint density at radius 2 is 1.97 bits per heavy atom. The minimum Gasteiger partial charge on any atom is -0.480 e. The van der Waals surface area contributed by atoms with E-state index in [0.29, 0.717) is 28.8 Å². The molecule has 2 N–H and O–H groups in total. The van der Waals surface area contributed by atoms with Crippen LogP contribution in [0.15, 0.2) is 50.2 Å². The smallest absolute Gasteiger partial charge is 0.318 e. The number of benzene rings is 2. The maximum atomic E-state index is 12.3. The molecule has 0 spiro atoms. The predicted octanol–water partition coefficient (Wildman–Crippen LogP) is 2.88. The molecule has 4 aromatic rings. The van der Waals surface area contributed by atoms with Crippen LogP contribution in [0.25, 0.3) is 33.3 Å². The molecule has 0 unspecified atom stereocenters. The zero-order chi connectivity index (χ0) is 20.2. The minimum atomic E-state index is -3.96. The van der Waals surface area contributed by atoms with Crippen molar-refractivity contribution in [3.63, 3.8) is 0 Å². The Morgan fingerprint density at radius 3 is 2.72 bits per heavy atom. The van der Waals surface area contributed by atoms with Crippen LogP contribution in [-0.4, -0.2) is 36.2 Å². The van der Waals surface area contributed by atoms with Crippen LogP contribution < -0.4 is 4.72 Å². The highest BCUT2D eigenvalue weighted by Gasteiger charge is 2.29. The fourth-order valence-electron chi connectivity index (χ4n) is 3.15. The summed E-state index contributed by atoms with van der Waals surface area (Å²) in [6.45, 7) is -0.697. The monoisotopic (exact) mass is 413 g/mol. The van der Waals surface area contributed by atoms with Crippen LogP contribution in [0.4, 0.5) is 0 Å². The van der Waals surface area contributed by atoms with Crippen molar-refractivity contribution >= 4 is 37.9 Å². The molecule has 1 fully saturated rings. The summed E-state index contributed by atoms with van der Waals surface area (Å²) in [5, 5.41) is 14.2. The molecular formula is C19H15N3O6S. The highest BCUT2D eigenvalue weighted by Crippen LogP contribution is 2.40. The number of hydrogen-bond donors (Lipinski definition) is 2. The van der Waals surface area contributed by atoms with E-state index in [-0.39, 0.29) is 4.90 Å². The third kappa shape index (κ3) is 3.26. The van der Waals surface area contributed by atoms with E-state index in [1.54, 1.807) is 12.1 Å². The summed E-state index contributed by atoms with van der Waals surface area (Å²) in [6.07, 6.45) is 2.14. The maximum Gasteiger partial charge on any atom is 0.318 e. The summed E-state index contributed by atoms with van der Waals surface area (Å²) in [7, 11) is -3.96. The Hall–Kier alpha value is -3.24. The van der Waals surface area contributed by atoms with Gasteiger partial charge in [0.25, 0.3) is 0 Å². The molecule has 2 aromatic heterocycles. The molecule has 0 amide bonds. The summed E-state index contributed by atoms with van der Waals surface area (Å²) >= 11 is 0. The van der Waals surface area contributed by atoms with Crippen LogP contribution >= 0.6 is 0 Å². The van der Waals surface area contributed by atoms with Crippen LogP contribution in [0.2, 0.25) is 0 Å². The zero-order valence-electron chi connectivity index (χ0n) is 15.0. The normalized spacial score (nSPS) is 14.6. The molecule has 1 aliphatic carbocycles. The van der Waals surface area contributed by atoms with Gasteiger partial charge < -0.3 is 14.0 Å². The molecule has 29 heavy (non-hydrogen) atoms. The molecule has 2 aromatic carbocycles. The summed E-state index contributed by atoms with van der Waals surface area (Å²) in [5.41, 5.74) is 1.74. The van der Waals surface area contributed by atoms with Crippen molar-refractivity contribution < 1.29 is 27.3 Å². The van der Waals surface area contributed by atoms with E-state index in [4.69, 9.17) is 14.0 Å². The Morgan fingerprint density at radius 1 is 1.14 bits per heavy atom. The maximum absolute atomic E-state index is 12.3. The molecule has 0 atom stereocenters. The Labute approximate surface area is 164 Å². The van der Waals surface area contributed by atoms with Crippen molar-refractivity contribution in [1.82, 2.24) is 14.9 Å². The van der Waals surface area contributed by atoms with Gasteiger partial charge >= 0.3 is 5.97 Å². The van der Waals surface area contributed by atoms with Crippen LogP contribution in [0.3, 0.4) is 0 Å². The van der Waals surface area contributed by atoms with Gasteiger partial charge in [0.1, 0.15) is 17.7 Å². The number of carbonyl (C=O) groups is 1. The topological polar surface area (TPSA) is 136 Å². The van der Waals surface area contributed by atoms with E-state index in [1.807, 2.05) is 16.9 Å². The van der Waals surface area contributed by atoms with E-state index < -0.39 is 22.5 Å². The lowest BCUT2D eigenvalue weighted by Crippen LogP contribution is -2.29. The van der Waals surface area contributed by atoms with E-state index in [2.05, 4.69) is 10.1 Å². The number of aromatic nitrogens is 2. The average Bonchev–Trinajstić information content (AvgIpc) is 3.31. The number of aliphatic carboxylic acids is 1. The fourth-order valence-corrected chi connectivity index (χ4v) is 4.14. The summed E-state index contributed by atoms with van der Waals surface area (Å²) in [4.78, 5) is 15.0. The quantitative estimate of drug-likeness (QED) is 0.492. The zero-order valence-corrected chi connectivity index (χ0v) is 15.8. The second-order valence-electron chi connectivity index (χ2n) is 6.92. The number of nitrogens with zero attached hydrogens (tertiary/aromatic N) is 2. The van der Waals surface area contributed by atoms with E-state index in [9.17, 15) is 13.2 Å². The molecule has 0 bridgehead atoms. The van der Waals surface area contributed by atoms with E-state index in [1.165, 1.54) is 12.1 Å². The van der Waals surface area contributed by atoms with Gasteiger partial charge in [0.15, 0.2) is 0 Å². The lowest BCUT2D eigenvalue weighted by Gasteiger charge is -2.04. The summed E-state index contributed by atoms with van der Waals surface area (Å²) in [6, 6.07) is 9.88. The van der Waals surface area contributed by atoms with Gasteiger partial charge in [0.05, 0.1) is 4.90 Å². The molecular weight excluding hydrogens is 398 g/mol. The van der Waals surface area contributed by atoms with Gasteiger partial charge in [-0.1, -0.05) is 5.16 Å². The van der Waals surface area contributed by atoms with Gasteiger partial charge in [0, 0.05) is 28.3 Å². The van der Waals surface area contributed by atoms with E-state index >= 15 is 0 Å². The van der Waals surface area contributed by atoms with Crippen molar-refractivity contribution in [2.45, 2.75) is 23.7 Å². The van der Waals surface area contributed by atoms with E-state index in [0.717, 1.165) is 29.2 Å². The molecule has 10 heteroatoms. The van der Waals surface area contributed by atoms with Crippen LogP contribution in [0, 0.1) is 0 Å². The average molecular weight is 413 g/mol. The first kappa shape index (κ1) is 17.8. The van der Waals surface area contributed by atoms with Crippen molar-refractivity contribution in [2.75, 3.05) is 6.54 Å². The number of furan rings is 1. The Kier molecular flexibility index (Phi) is 3.93. The van der Waals surface area contributed by atoms with Crippen LogP contribution in [-0.2, 0) is 14.8 Å². The summed E-state index contributed by atoms with van der Waals surface area (Å²) < 4.78 is 37.6. The lowest BCUT2D eigenvalue weighted by atomic mass is 10.1. The summed E-state index contributed by atoms with van der Waals surface area (Å²) in [5.74, 6) is 0.253. The molecule has 0 saturated heterocycles. The molecule has 0 aliphatic heterocycles. The van der Waals surface area contributed by atoms with Gasteiger partial charge in [-0.05, 0) is 43.2 Å². The second-order valence-corrected chi connectivity index (χ2v) is 8.69. The Bertz CT molecular complexity index is 1370. The highest BCUT2D eigenvalue weighted by atomic mass is 32.2. The van der Waals surface area contributed by atoms with Gasteiger partial charge in [0.2, 0.25) is 21.7 Å².